The Morgan fingerprint density at radius 2 is 2.10 bits per heavy atom. The molecule has 1 aromatic heterocycles. The van der Waals surface area contributed by atoms with E-state index in [1.54, 1.807) is 13.3 Å². The minimum atomic E-state index is -0.444. The summed E-state index contributed by atoms with van der Waals surface area (Å²) in [7, 11) is 1.66. The first kappa shape index (κ1) is 13.2. The zero-order chi connectivity index (χ0) is 13.9. The van der Waals surface area contributed by atoms with E-state index >= 15 is 0 Å². The van der Waals surface area contributed by atoms with Crippen LogP contribution >= 0.6 is 0 Å². The molecule has 4 nitrogen and oxygen atoms in total. The van der Waals surface area contributed by atoms with Crippen LogP contribution in [0.25, 0.3) is 0 Å². The zero-order valence-corrected chi connectivity index (χ0v) is 11.7. The molecular weight excluding hydrogens is 252 g/mol. The van der Waals surface area contributed by atoms with Gasteiger partial charge in [0.15, 0.2) is 0 Å². The van der Waals surface area contributed by atoms with Gasteiger partial charge in [-0.3, -0.25) is 0 Å². The third-order valence-electron chi connectivity index (χ3n) is 3.84. The lowest BCUT2D eigenvalue weighted by Gasteiger charge is -2.13. The molecular formula is C16H20N2O2. The van der Waals surface area contributed by atoms with Gasteiger partial charge in [-0.05, 0) is 43.4 Å². The lowest BCUT2D eigenvalue weighted by Crippen LogP contribution is -2.06. The van der Waals surface area contributed by atoms with E-state index in [2.05, 4.69) is 9.55 Å². The number of methoxy groups -OCH3 is 1. The number of benzene rings is 1. The smallest absolute Gasteiger partial charge is 0.118 e. The number of imidazole rings is 1. The molecule has 1 aliphatic carbocycles. The number of ether oxygens (including phenoxy) is 1. The van der Waals surface area contributed by atoms with E-state index in [1.807, 2.05) is 30.6 Å². The molecule has 0 aliphatic heterocycles. The van der Waals surface area contributed by atoms with Gasteiger partial charge in [0.25, 0.3) is 0 Å². The summed E-state index contributed by atoms with van der Waals surface area (Å²) in [6.45, 7) is 0. The Labute approximate surface area is 119 Å². The first-order valence-electron chi connectivity index (χ1n) is 7.10. The number of aliphatic hydroxyl groups excluding tert-OH is 1. The van der Waals surface area contributed by atoms with Crippen molar-refractivity contribution >= 4 is 0 Å². The summed E-state index contributed by atoms with van der Waals surface area (Å²) in [6, 6.07) is 8.56. The molecule has 1 aliphatic rings. The summed E-state index contributed by atoms with van der Waals surface area (Å²) >= 11 is 0. The number of nitrogens with zero attached hydrogens (tertiary/aromatic N) is 2. The monoisotopic (exact) mass is 272 g/mol. The second-order valence-corrected chi connectivity index (χ2v) is 5.36. The molecule has 0 saturated heterocycles. The van der Waals surface area contributed by atoms with Crippen molar-refractivity contribution in [1.82, 2.24) is 9.55 Å². The van der Waals surface area contributed by atoms with Crippen molar-refractivity contribution in [3.05, 3.63) is 48.0 Å². The Morgan fingerprint density at radius 1 is 1.35 bits per heavy atom. The Kier molecular flexibility index (Phi) is 3.74. The Bertz CT molecular complexity index is 558. The van der Waals surface area contributed by atoms with E-state index in [1.165, 1.54) is 18.4 Å². The first-order chi connectivity index (χ1) is 9.78. The van der Waals surface area contributed by atoms with Gasteiger partial charge < -0.3 is 14.4 Å². The Balaban J connectivity index is 1.60. The molecule has 3 rings (SSSR count). The maximum atomic E-state index is 10.3. The molecule has 1 N–H and O–H groups in total. The minimum absolute atomic E-state index is 0.444. The standard InChI is InChI=1S/C16H20N2O2/c1-20-14-7-2-12(3-8-14)4-9-16(19)15-10-17-11-18(15)13-5-6-13/h2-3,7-8,10-11,13,16,19H,4-6,9H2,1H3. The van der Waals surface area contributed by atoms with E-state index in [9.17, 15) is 5.11 Å². The van der Waals surface area contributed by atoms with Crippen molar-refractivity contribution in [2.24, 2.45) is 0 Å². The molecule has 4 heteroatoms. The van der Waals surface area contributed by atoms with E-state index in [-0.39, 0.29) is 0 Å². The highest BCUT2D eigenvalue weighted by molar-refractivity contribution is 5.27. The van der Waals surface area contributed by atoms with Crippen molar-refractivity contribution in [3.63, 3.8) is 0 Å². The maximum Gasteiger partial charge on any atom is 0.118 e. The van der Waals surface area contributed by atoms with Crippen LogP contribution in [-0.4, -0.2) is 21.8 Å². The Hall–Kier alpha value is -1.81. The SMILES string of the molecule is COc1ccc(CCC(O)c2cncn2C2CC2)cc1. The molecule has 1 fully saturated rings. The van der Waals surface area contributed by atoms with Crippen LogP contribution in [0, 0.1) is 0 Å². The van der Waals surface area contributed by atoms with E-state index in [0.29, 0.717) is 12.5 Å². The first-order valence-corrected chi connectivity index (χ1v) is 7.10. The van der Waals surface area contributed by atoms with Crippen LogP contribution < -0.4 is 4.74 Å². The summed E-state index contributed by atoms with van der Waals surface area (Å²) in [5.74, 6) is 0.862. The largest absolute Gasteiger partial charge is 0.497 e. The summed E-state index contributed by atoms with van der Waals surface area (Å²) in [5, 5.41) is 10.3. The number of aryl methyl sites for hydroxylation is 1. The number of hydrogen-bond acceptors (Lipinski definition) is 3. The van der Waals surface area contributed by atoms with Crippen molar-refractivity contribution in [3.8, 4) is 5.75 Å². The highest BCUT2D eigenvalue weighted by atomic mass is 16.5. The zero-order valence-electron chi connectivity index (χ0n) is 11.7. The van der Waals surface area contributed by atoms with Crippen molar-refractivity contribution in [2.45, 2.75) is 37.8 Å². The number of rotatable bonds is 6. The number of aliphatic hydroxyl groups is 1. The van der Waals surface area contributed by atoms with Crippen LogP contribution in [0.5, 0.6) is 5.75 Å². The van der Waals surface area contributed by atoms with E-state index in [4.69, 9.17) is 4.74 Å². The molecule has 1 unspecified atom stereocenters. The summed E-state index contributed by atoms with van der Waals surface area (Å²) in [6.07, 6.45) is 7.15. The van der Waals surface area contributed by atoms with E-state index < -0.39 is 6.10 Å². The maximum absolute atomic E-state index is 10.3. The quantitative estimate of drug-likeness (QED) is 0.879. The van der Waals surface area contributed by atoms with Crippen LogP contribution in [0.15, 0.2) is 36.8 Å². The summed E-state index contributed by atoms with van der Waals surface area (Å²) < 4.78 is 7.27. The van der Waals surface area contributed by atoms with Crippen LogP contribution in [0.2, 0.25) is 0 Å². The molecule has 1 saturated carbocycles. The van der Waals surface area contributed by atoms with Crippen LogP contribution in [0.1, 0.15) is 42.7 Å². The van der Waals surface area contributed by atoms with Crippen molar-refractivity contribution < 1.29 is 9.84 Å². The lowest BCUT2D eigenvalue weighted by molar-refractivity contribution is 0.158. The molecule has 0 radical (unpaired) electrons. The van der Waals surface area contributed by atoms with Gasteiger partial charge in [0, 0.05) is 6.04 Å². The molecule has 0 spiro atoms. The van der Waals surface area contributed by atoms with Gasteiger partial charge in [0.05, 0.1) is 31.4 Å². The summed E-state index contributed by atoms with van der Waals surface area (Å²) in [5.41, 5.74) is 2.16. The molecule has 1 atom stereocenters. The lowest BCUT2D eigenvalue weighted by atomic mass is 10.1. The second kappa shape index (κ2) is 5.67. The molecule has 2 aromatic rings. The molecule has 106 valence electrons. The second-order valence-electron chi connectivity index (χ2n) is 5.36. The molecule has 1 heterocycles. The van der Waals surface area contributed by atoms with Crippen LogP contribution in [0.3, 0.4) is 0 Å². The fraction of sp³-hybridized carbons (Fsp3) is 0.438. The van der Waals surface area contributed by atoms with Gasteiger partial charge in [-0.1, -0.05) is 12.1 Å². The molecule has 0 bridgehead atoms. The molecule has 0 amide bonds. The molecule has 1 aromatic carbocycles. The third-order valence-corrected chi connectivity index (χ3v) is 3.84. The topological polar surface area (TPSA) is 47.3 Å². The van der Waals surface area contributed by atoms with Gasteiger partial charge in [0.2, 0.25) is 0 Å². The highest BCUT2D eigenvalue weighted by Gasteiger charge is 2.27. The van der Waals surface area contributed by atoms with Gasteiger partial charge in [0.1, 0.15) is 5.75 Å². The van der Waals surface area contributed by atoms with Crippen LogP contribution in [-0.2, 0) is 6.42 Å². The third kappa shape index (κ3) is 2.85. The van der Waals surface area contributed by atoms with Crippen molar-refractivity contribution in [2.75, 3.05) is 7.11 Å². The average Bonchev–Trinajstić information content (AvgIpc) is 3.22. The fourth-order valence-electron chi connectivity index (χ4n) is 2.47. The molecule has 20 heavy (non-hydrogen) atoms. The van der Waals surface area contributed by atoms with Gasteiger partial charge >= 0.3 is 0 Å². The van der Waals surface area contributed by atoms with Gasteiger partial charge in [-0.25, -0.2) is 4.98 Å². The van der Waals surface area contributed by atoms with Gasteiger partial charge in [-0.2, -0.15) is 0 Å². The fourth-order valence-corrected chi connectivity index (χ4v) is 2.47. The summed E-state index contributed by atoms with van der Waals surface area (Å²) in [4.78, 5) is 4.17. The predicted molar refractivity (Wildman–Crippen MR) is 76.8 cm³/mol. The van der Waals surface area contributed by atoms with Crippen molar-refractivity contribution in [1.29, 1.82) is 0 Å². The normalized spacial score (nSPS) is 16.1. The van der Waals surface area contributed by atoms with E-state index in [0.717, 1.165) is 17.9 Å². The highest BCUT2D eigenvalue weighted by Crippen LogP contribution is 2.37. The average molecular weight is 272 g/mol. The van der Waals surface area contributed by atoms with Gasteiger partial charge in [-0.15, -0.1) is 0 Å². The Morgan fingerprint density at radius 3 is 2.75 bits per heavy atom. The van der Waals surface area contributed by atoms with Crippen LogP contribution in [0.4, 0.5) is 0 Å². The number of hydrogen-bond donors (Lipinski definition) is 1. The predicted octanol–water partition coefficient (Wildman–Crippen LogP) is 2.89. The minimum Gasteiger partial charge on any atom is -0.497 e. The number of aromatic nitrogens is 2.